The van der Waals surface area contributed by atoms with Crippen molar-refractivity contribution in [1.29, 1.82) is 5.41 Å². The first-order chi connectivity index (χ1) is 5.11. The number of ether oxygens (including phenoxy) is 2. The van der Waals surface area contributed by atoms with E-state index in [1.807, 2.05) is 0 Å². The third kappa shape index (κ3) is 3.98. The molecule has 0 radical (unpaired) electrons. The number of carbonyl (C=O) groups excluding carboxylic acids is 1. The van der Waals surface area contributed by atoms with Crippen LogP contribution in [0.4, 0.5) is 0 Å². The molecule has 1 unspecified atom stereocenters. The molecule has 0 aliphatic carbocycles. The van der Waals surface area contributed by atoms with Crippen LogP contribution in [0.1, 0.15) is 6.42 Å². The van der Waals surface area contributed by atoms with Crippen molar-refractivity contribution in [2.24, 2.45) is 0 Å². The highest BCUT2D eigenvalue weighted by Gasteiger charge is 2.17. The highest BCUT2D eigenvalue weighted by Crippen LogP contribution is 2.07. The standard InChI is InChI=1S/C6H10BrNO3/c1-10-5(8)3-4(7)6(9)11-2/h4,8H,3H2,1-2H3. The van der Waals surface area contributed by atoms with Crippen molar-refractivity contribution in [3.8, 4) is 0 Å². The maximum Gasteiger partial charge on any atom is 0.319 e. The second-order valence-corrected chi connectivity index (χ2v) is 2.93. The lowest BCUT2D eigenvalue weighted by molar-refractivity contribution is -0.139. The Kier molecular flexibility index (Phi) is 4.85. The van der Waals surface area contributed by atoms with Gasteiger partial charge in [-0.1, -0.05) is 15.9 Å². The Morgan fingerprint density at radius 1 is 1.55 bits per heavy atom. The van der Waals surface area contributed by atoms with Crippen molar-refractivity contribution in [1.82, 2.24) is 0 Å². The van der Waals surface area contributed by atoms with E-state index in [2.05, 4.69) is 25.4 Å². The Hall–Kier alpha value is -0.580. The van der Waals surface area contributed by atoms with Gasteiger partial charge in [-0.05, 0) is 0 Å². The quantitative estimate of drug-likeness (QED) is 0.336. The van der Waals surface area contributed by atoms with Gasteiger partial charge in [0.05, 0.1) is 14.2 Å². The fourth-order valence-electron chi connectivity index (χ4n) is 0.457. The van der Waals surface area contributed by atoms with E-state index in [1.165, 1.54) is 14.2 Å². The van der Waals surface area contributed by atoms with Crippen LogP contribution in [0.5, 0.6) is 0 Å². The summed E-state index contributed by atoms with van der Waals surface area (Å²) in [6, 6.07) is 0. The monoisotopic (exact) mass is 223 g/mol. The summed E-state index contributed by atoms with van der Waals surface area (Å²) >= 11 is 3.05. The molecule has 0 heterocycles. The van der Waals surface area contributed by atoms with E-state index in [0.29, 0.717) is 0 Å². The van der Waals surface area contributed by atoms with Gasteiger partial charge in [0.2, 0.25) is 0 Å². The number of hydrogen-bond donors (Lipinski definition) is 1. The number of halogens is 1. The van der Waals surface area contributed by atoms with E-state index in [9.17, 15) is 4.79 Å². The molecule has 64 valence electrons. The smallest absolute Gasteiger partial charge is 0.319 e. The lowest BCUT2D eigenvalue weighted by Gasteiger charge is -2.06. The Balaban J connectivity index is 3.77. The van der Waals surface area contributed by atoms with Crippen LogP contribution < -0.4 is 0 Å². The van der Waals surface area contributed by atoms with Gasteiger partial charge in [-0.3, -0.25) is 10.2 Å². The summed E-state index contributed by atoms with van der Waals surface area (Å²) in [5.41, 5.74) is 0. The third-order valence-corrected chi connectivity index (χ3v) is 1.77. The van der Waals surface area contributed by atoms with Crippen molar-refractivity contribution in [3.63, 3.8) is 0 Å². The van der Waals surface area contributed by atoms with E-state index in [-0.39, 0.29) is 12.3 Å². The number of rotatable bonds is 3. The fourth-order valence-corrected chi connectivity index (χ4v) is 0.938. The maximum absolute atomic E-state index is 10.7. The zero-order chi connectivity index (χ0) is 8.85. The molecule has 0 aliphatic heterocycles. The van der Waals surface area contributed by atoms with Gasteiger partial charge in [0, 0.05) is 6.42 Å². The molecule has 4 nitrogen and oxygen atoms in total. The number of nitrogens with one attached hydrogen (secondary N) is 1. The van der Waals surface area contributed by atoms with E-state index in [1.54, 1.807) is 0 Å². The summed E-state index contributed by atoms with van der Waals surface area (Å²) in [7, 11) is 2.69. The Labute approximate surface area is 73.5 Å². The zero-order valence-corrected chi connectivity index (χ0v) is 7.97. The minimum Gasteiger partial charge on any atom is -0.484 e. The van der Waals surface area contributed by atoms with Crippen molar-refractivity contribution in [2.45, 2.75) is 11.2 Å². The average Bonchev–Trinajstić information content (AvgIpc) is 2.02. The summed E-state index contributed by atoms with van der Waals surface area (Å²) in [4.78, 5) is 10.3. The van der Waals surface area contributed by atoms with Crippen LogP contribution in [0.15, 0.2) is 0 Å². The second kappa shape index (κ2) is 5.12. The average molecular weight is 224 g/mol. The van der Waals surface area contributed by atoms with Crippen LogP contribution in [-0.4, -0.2) is 30.9 Å². The molecule has 0 aromatic carbocycles. The van der Waals surface area contributed by atoms with Crippen LogP contribution in [0.25, 0.3) is 0 Å². The largest absolute Gasteiger partial charge is 0.484 e. The molecule has 11 heavy (non-hydrogen) atoms. The summed E-state index contributed by atoms with van der Waals surface area (Å²) in [6.07, 6.45) is 0.211. The number of carbonyl (C=O) groups is 1. The zero-order valence-electron chi connectivity index (χ0n) is 6.39. The van der Waals surface area contributed by atoms with Gasteiger partial charge in [-0.2, -0.15) is 0 Å². The molecule has 0 amide bonds. The van der Waals surface area contributed by atoms with Gasteiger partial charge in [-0.15, -0.1) is 0 Å². The minimum atomic E-state index is -0.486. The Morgan fingerprint density at radius 2 is 2.09 bits per heavy atom. The van der Waals surface area contributed by atoms with Crippen LogP contribution in [0.2, 0.25) is 0 Å². The molecule has 0 saturated carbocycles. The van der Waals surface area contributed by atoms with Crippen molar-refractivity contribution in [3.05, 3.63) is 0 Å². The van der Waals surface area contributed by atoms with E-state index in [0.717, 1.165) is 0 Å². The molecule has 0 spiro atoms. The predicted molar refractivity (Wildman–Crippen MR) is 44.1 cm³/mol. The molecule has 1 N–H and O–H groups in total. The third-order valence-electron chi connectivity index (χ3n) is 1.07. The lowest BCUT2D eigenvalue weighted by Crippen LogP contribution is -2.19. The molecular weight excluding hydrogens is 214 g/mol. The lowest BCUT2D eigenvalue weighted by atomic mass is 10.3. The normalized spacial score (nSPS) is 11.9. The van der Waals surface area contributed by atoms with Crippen molar-refractivity contribution >= 4 is 27.8 Å². The summed E-state index contributed by atoms with van der Waals surface area (Å²) in [5.74, 6) is -0.343. The van der Waals surface area contributed by atoms with Gasteiger partial charge in [0.15, 0.2) is 5.90 Å². The van der Waals surface area contributed by atoms with Gasteiger partial charge in [0.1, 0.15) is 4.83 Å². The predicted octanol–water partition coefficient (Wildman–Crippen LogP) is 0.937. The van der Waals surface area contributed by atoms with Gasteiger partial charge >= 0.3 is 5.97 Å². The van der Waals surface area contributed by atoms with Crippen LogP contribution in [0, 0.1) is 5.41 Å². The molecular formula is C6H10BrNO3. The van der Waals surface area contributed by atoms with Gasteiger partial charge in [-0.25, -0.2) is 0 Å². The maximum atomic E-state index is 10.7. The first-order valence-corrected chi connectivity index (χ1v) is 3.86. The van der Waals surface area contributed by atoms with Crippen LogP contribution in [-0.2, 0) is 14.3 Å². The molecule has 0 rings (SSSR count). The van der Waals surface area contributed by atoms with Gasteiger partial charge in [0.25, 0.3) is 0 Å². The van der Waals surface area contributed by atoms with Crippen molar-refractivity contribution < 1.29 is 14.3 Å². The molecule has 0 aromatic heterocycles. The molecule has 0 fully saturated rings. The van der Waals surface area contributed by atoms with E-state index < -0.39 is 10.8 Å². The molecule has 1 atom stereocenters. The second-order valence-electron chi connectivity index (χ2n) is 1.82. The Morgan fingerprint density at radius 3 is 2.45 bits per heavy atom. The number of alkyl halides is 1. The topological polar surface area (TPSA) is 59.4 Å². The van der Waals surface area contributed by atoms with Crippen LogP contribution >= 0.6 is 15.9 Å². The number of methoxy groups -OCH3 is 2. The SMILES string of the molecule is COC(=N)CC(Br)C(=O)OC. The summed E-state index contributed by atoms with van der Waals surface area (Å²) < 4.78 is 8.98. The molecule has 5 heteroatoms. The summed E-state index contributed by atoms with van der Waals surface area (Å²) in [6.45, 7) is 0. The summed E-state index contributed by atoms with van der Waals surface area (Å²) in [5, 5.41) is 7.08. The molecule has 0 aromatic rings. The fraction of sp³-hybridized carbons (Fsp3) is 0.667. The Bertz CT molecular complexity index is 160. The minimum absolute atomic E-state index is 0.0530. The van der Waals surface area contributed by atoms with E-state index in [4.69, 9.17) is 5.41 Å². The number of hydrogen-bond acceptors (Lipinski definition) is 4. The molecule has 0 bridgehead atoms. The highest BCUT2D eigenvalue weighted by atomic mass is 79.9. The van der Waals surface area contributed by atoms with Crippen LogP contribution in [0.3, 0.4) is 0 Å². The van der Waals surface area contributed by atoms with Gasteiger partial charge < -0.3 is 9.47 Å². The molecule has 0 saturated heterocycles. The first-order valence-electron chi connectivity index (χ1n) is 2.95. The highest BCUT2D eigenvalue weighted by molar-refractivity contribution is 9.10. The first kappa shape index (κ1) is 10.4. The van der Waals surface area contributed by atoms with Crippen molar-refractivity contribution in [2.75, 3.05) is 14.2 Å². The van der Waals surface area contributed by atoms with E-state index >= 15 is 0 Å². The number of esters is 1. The molecule has 0 aliphatic rings.